The predicted octanol–water partition coefficient (Wildman–Crippen LogP) is 5.79. The van der Waals surface area contributed by atoms with E-state index in [4.69, 9.17) is 4.74 Å². The minimum Gasteiger partial charge on any atom is -0.480 e. The fraction of sp³-hybridized carbons (Fsp3) is 0.222. The van der Waals surface area contributed by atoms with Crippen LogP contribution in [0.25, 0.3) is 11.1 Å². The van der Waals surface area contributed by atoms with Gasteiger partial charge in [-0.2, -0.15) is 0 Å². The van der Waals surface area contributed by atoms with Gasteiger partial charge < -0.3 is 15.2 Å². The SMILES string of the molecule is CCC(C)(NC(=O)c1ccc(Br)cc1NC(=O)OCC1c2ccccc2-c2ccccc21)C(=O)O. The Balaban J connectivity index is 1.50. The summed E-state index contributed by atoms with van der Waals surface area (Å²) in [6.07, 6.45) is -0.518. The van der Waals surface area contributed by atoms with Crippen molar-refractivity contribution in [2.24, 2.45) is 0 Å². The van der Waals surface area contributed by atoms with Gasteiger partial charge in [-0.3, -0.25) is 10.1 Å². The third-order valence-electron chi connectivity index (χ3n) is 6.38. The van der Waals surface area contributed by atoms with Crippen LogP contribution in [0.15, 0.2) is 71.2 Å². The van der Waals surface area contributed by atoms with Crippen molar-refractivity contribution in [1.29, 1.82) is 0 Å². The number of carboxylic acids is 1. The number of rotatable bonds is 7. The van der Waals surface area contributed by atoms with Crippen LogP contribution in [0.3, 0.4) is 0 Å². The van der Waals surface area contributed by atoms with Gasteiger partial charge in [0.2, 0.25) is 0 Å². The molecule has 1 unspecified atom stereocenters. The number of anilines is 1. The van der Waals surface area contributed by atoms with Crippen molar-refractivity contribution in [3.05, 3.63) is 87.9 Å². The number of carbonyl (C=O) groups is 3. The number of amides is 2. The lowest BCUT2D eigenvalue weighted by atomic mass is 9.98. The van der Waals surface area contributed by atoms with Crippen LogP contribution in [-0.4, -0.2) is 35.2 Å². The molecule has 8 heteroatoms. The molecular weight excluding hydrogens is 512 g/mol. The summed E-state index contributed by atoms with van der Waals surface area (Å²) in [6, 6.07) is 20.8. The van der Waals surface area contributed by atoms with Gasteiger partial charge >= 0.3 is 12.1 Å². The van der Waals surface area contributed by atoms with Gasteiger partial charge in [-0.05, 0) is 53.8 Å². The van der Waals surface area contributed by atoms with Gasteiger partial charge in [-0.25, -0.2) is 9.59 Å². The van der Waals surface area contributed by atoms with Crippen LogP contribution in [0, 0.1) is 0 Å². The summed E-state index contributed by atoms with van der Waals surface area (Å²) in [5.41, 5.74) is 3.33. The summed E-state index contributed by atoms with van der Waals surface area (Å²) in [5.74, 6) is -1.85. The average molecular weight is 537 g/mol. The molecule has 1 atom stereocenters. The largest absolute Gasteiger partial charge is 0.480 e. The molecule has 0 bridgehead atoms. The van der Waals surface area contributed by atoms with Crippen molar-refractivity contribution in [2.45, 2.75) is 31.7 Å². The Hall–Kier alpha value is -3.65. The number of fused-ring (bicyclic) bond motifs is 3. The van der Waals surface area contributed by atoms with Gasteiger partial charge in [-0.1, -0.05) is 71.4 Å². The predicted molar refractivity (Wildman–Crippen MR) is 137 cm³/mol. The van der Waals surface area contributed by atoms with E-state index in [0.717, 1.165) is 22.3 Å². The number of aliphatic carboxylic acids is 1. The molecule has 0 fully saturated rings. The van der Waals surface area contributed by atoms with Crippen LogP contribution in [0.1, 0.15) is 47.7 Å². The number of hydrogen-bond acceptors (Lipinski definition) is 4. The molecule has 180 valence electrons. The van der Waals surface area contributed by atoms with E-state index in [0.29, 0.717) is 4.47 Å². The highest BCUT2D eigenvalue weighted by molar-refractivity contribution is 9.10. The number of ether oxygens (including phenoxy) is 1. The van der Waals surface area contributed by atoms with Gasteiger partial charge in [0.15, 0.2) is 0 Å². The molecule has 0 saturated heterocycles. The Labute approximate surface area is 211 Å². The van der Waals surface area contributed by atoms with Crippen LogP contribution in [0.4, 0.5) is 10.5 Å². The van der Waals surface area contributed by atoms with Crippen LogP contribution in [0.5, 0.6) is 0 Å². The summed E-state index contributed by atoms with van der Waals surface area (Å²) < 4.78 is 6.23. The average Bonchev–Trinajstić information content (AvgIpc) is 3.16. The highest BCUT2D eigenvalue weighted by Gasteiger charge is 2.34. The van der Waals surface area contributed by atoms with Gasteiger partial charge in [0, 0.05) is 10.4 Å². The van der Waals surface area contributed by atoms with Gasteiger partial charge in [0.25, 0.3) is 5.91 Å². The maximum absolute atomic E-state index is 12.9. The molecule has 0 aliphatic heterocycles. The second-order valence-electron chi connectivity index (χ2n) is 8.59. The Morgan fingerprint density at radius 2 is 1.60 bits per heavy atom. The molecule has 3 N–H and O–H groups in total. The van der Waals surface area contributed by atoms with E-state index >= 15 is 0 Å². The van der Waals surface area contributed by atoms with Crippen molar-refractivity contribution in [2.75, 3.05) is 11.9 Å². The number of benzene rings is 3. The van der Waals surface area contributed by atoms with E-state index < -0.39 is 23.5 Å². The van der Waals surface area contributed by atoms with Gasteiger partial charge in [-0.15, -0.1) is 0 Å². The summed E-state index contributed by atoms with van der Waals surface area (Å²) in [6.45, 7) is 3.23. The Morgan fingerprint density at radius 3 is 2.17 bits per heavy atom. The van der Waals surface area contributed by atoms with Crippen LogP contribution in [-0.2, 0) is 9.53 Å². The zero-order valence-electron chi connectivity index (χ0n) is 19.3. The summed E-state index contributed by atoms with van der Waals surface area (Å²) in [7, 11) is 0. The molecule has 7 nitrogen and oxygen atoms in total. The minimum atomic E-state index is -1.44. The standard InChI is InChI=1S/C27H25BrN2O5/c1-3-27(2,25(32)33)30-24(31)21-13-12-16(28)14-23(21)29-26(34)35-15-22-19-10-6-4-8-17(19)18-9-5-7-11-20(18)22/h4-14,22H,3,15H2,1-2H3,(H,29,34)(H,30,31)(H,32,33). The molecular formula is C27H25BrN2O5. The third kappa shape index (κ3) is 4.93. The first-order chi connectivity index (χ1) is 16.7. The molecule has 2 amide bonds. The molecule has 0 spiro atoms. The first-order valence-corrected chi connectivity index (χ1v) is 12.0. The van der Waals surface area contributed by atoms with E-state index in [1.54, 1.807) is 19.1 Å². The zero-order chi connectivity index (χ0) is 25.2. The van der Waals surface area contributed by atoms with Crippen molar-refractivity contribution >= 4 is 39.6 Å². The monoisotopic (exact) mass is 536 g/mol. The van der Waals surface area contributed by atoms with E-state index in [2.05, 4.69) is 38.7 Å². The fourth-order valence-electron chi connectivity index (χ4n) is 4.17. The fourth-order valence-corrected chi connectivity index (χ4v) is 4.53. The lowest BCUT2D eigenvalue weighted by molar-refractivity contribution is -0.143. The molecule has 3 aromatic carbocycles. The molecule has 0 heterocycles. The normalized spacial score (nSPS) is 13.8. The van der Waals surface area contributed by atoms with E-state index in [9.17, 15) is 19.5 Å². The van der Waals surface area contributed by atoms with E-state index in [-0.39, 0.29) is 30.2 Å². The molecule has 4 rings (SSSR count). The van der Waals surface area contributed by atoms with Crippen LogP contribution < -0.4 is 10.6 Å². The molecule has 0 aromatic heterocycles. The van der Waals surface area contributed by atoms with E-state index in [1.807, 2.05) is 36.4 Å². The van der Waals surface area contributed by atoms with Crippen molar-refractivity contribution in [3.8, 4) is 11.1 Å². The number of nitrogens with one attached hydrogen (secondary N) is 2. The van der Waals surface area contributed by atoms with E-state index in [1.165, 1.54) is 13.0 Å². The summed E-state index contributed by atoms with van der Waals surface area (Å²) in [4.78, 5) is 37.3. The van der Waals surface area contributed by atoms with Crippen molar-refractivity contribution < 1.29 is 24.2 Å². The summed E-state index contributed by atoms with van der Waals surface area (Å²) in [5, 5.41) is 14.7. The Kier molecular flexibility index (Phi) is 6.93. The molecule has 35 heavy (non-hydrogen) atoms. The van der Waals surface area contributed by atoms with Crippen molar-refractivity contribution in [3.63, 3.8) is 0 Å². The quantitative estimate of drug-likeness (QED) is 0.354. The Bertz CT molecular complexity index is 1260. The second-order valence-corrected chi connectivity index (χ2v) is 9.50. The first kappa shape index (κ1) is 24.5. The van der Waals surface area contributed by atoms with Crippen LogP contribution in [0.2, 0.25) is 0 Å². The molecule has 1 aliphatic carbocycles. The lowest BCUT2D eigenvalue weighted by Gasteiger charge is -2.25. The van der Waals surface area contributed by atoms with Crippen molar-refractivity contribution in [1.82, 2.24) is 5.32 Å². The summed E-state index contributed by atoms with van der Waals surface area (Å²) >= 11 is 3.34. The van der Waals surface area contributed by atoms with Gasteiger partial charge in [0.1, 0.15) is 12.1 Å². The van der Waals surface area contributed by atoms with Gasteiger partial charge in [0.05, 0.1) is 11.3 Å². The molecule has 3 aromatic rings. The maximum Gasteiger partial charge on any atom is 0.411 e. The smallest absolute Gasteiger partial charge is 0.411 e. The highest BCUT2D eigenvalue weighted by Crippen LogP contribution is 2.44. The number of hydrogen-bond donors (Lipinski definition) is 3. The Morgan fingerprint density at radius 1 is 1.00 bits per heavy atom. The number of halogens is 1. The highest BCUT2D eigenvalue weighted by atomic mass is 79.9. The second kappa shape index (κ2) is 9.92. The molecule has 1 aliphatic rings. The molecule has 0 saturated carbocycles. The first-order valence-electron chi connectivity index (χ1n) is 11.2. The number of carboxylic acid groups (broad SMARTS) is 1. The lowest BCUT2D eigenvalue weighted by Crippen LogP contribution is -2.51. The minimum absolute atomic E-state index is 0.0979. The third-order valence-corrected chi connectivity index (χ3v) is 6.87. The zero-order valence-corrected chi connectivity index (χ0v) is 20.9. The molecule has 0 radical (unpaired) electrons. The van der Waals surface area contributed by atoms with Crippen LogP contribution >= 0.6 is 15.9 Å². The number of carbonyl (C=O) groups excluding carboxylic acids is 2. The topological polar surface area (TPSA) is 105 Å². The maximum atomic E-state index is 12.9.